The van der Waals surface area contributed by atoms with E-state index < -0.39 is 0 Å². The van der Waals surface area contributed by atoms with E-state index in [1.807, 2.05) is 41.3 Å². The Morgan fingerprint density at radius 2 is 2.04 bits per heavy atom. The van der Waals surface area contributed by atoms with Crippen LogP contribution in [0.3, 0.4) is 0 Å². The number of nitrogens with one attached hydrogen (secondary N) is 1. The predicted molar refractivity (Wildman–Crippen MR) is 105 cm³/mol. The monoisotopic (exact) mass is 367 g/mol. The maximum absolute atomic E-state index is 12.3. The summed E-state index contributed by atoms with van der Waals surface area (Å²) in [6, 6.07) is 11.8. The lowest BCUT2D eigenvalue weighted by Gasteiger charge is -2.15. The van der Waals surface area contributed by atoms with Gasteiger partial charge in [0, 0.05) is 41.6 Å². The van der Waals surface area contributed by atoms with Crippen molar-refractivity contribution in [2.45, 2.75) is 32.1 Å². The smallest absolute Gasteiger partial charge is 0.222 e. The van der Waals surface area contributed by atoms with Crippen molar-refractivity contribution in [3.63, 3.8) is 0 Å². The third-order valence-electron chi connectivity index (χ3n) is 5.07. The molecule has 0 aliphatic carbocycles. The molecular weight excluding hydrogens is 346 g/mol. The topological polar surface area (TPSA) is 49.0 Å². The number of amides is 1. The number of aromatic amines is 1. The maximum Gasteiger partial charge on any atom is 0.222 e. The molecule has 0 atom stereocenters. The molecule has 1 N–H and O–H groups in total. The van der Waals surface area contributed by atoms with Crippen molar-refractivity contribution < 1.29 is 4.79 Å². The summed E-state index contributed by atoms with van der Waals surface area (Å²) in [5.74, 6) is 0.278. The van der Waals surface area contributed by atoms with E-state index >= 15 is 0 Å². The molecule has 134 valence electrons. The number of aryl methyl sites for hydroxylation is 1. The predicted octanol–water partition coefficient (Wildman–Crippen LogP) is 4.83. The van der Waals surface area contributed by atoms with Gasteiger partial charge in [0.1, 0.15) is 0 Å². The molecule has 1 aliphatic heterocycles. The van der Waals surface area contributed by atoms with Crippen LogP contribution in [0.5, 0.6) is 0 Å². The molecule has 0 saturated carbocycles. The van der Waals surface area contributed by atoms with Gasteiger partial charge in [0.2, 0.25) is 5.91 Å². The first kappa shape index (κ1) is 17.1. The minimum absolute atomic E-state index is 0.278. The highest BCUT2D eigenvalue weighted by Crippen LogP contribution is 2.32. The van der Waals surface area contributed by atoms with Gasteiger partial charge < -0.3 is 9.88 Å². The van der Waals surface area contributed by atoms with Gasteiger partial charge in [-0.3, -0.25) is 9.78 Å². The number of carbonyl (C=O) groups excluding carboxylic acids is 1. The molecule has 1 aromatic carbocycles. The molecule has 1 fully saturated rings. The molecule has 0 spiro atoms. The van der Waals surface area contributed by atoms with Crippen LogP contribution in [-0.2, 0) is 11.2 Å². The van der Waals surface area contributed by atoms with Gasteiger partial charge in [-0.05, 0) is 61.6 Å². The van der Waals surface area contributed by atoms with Gasteiger partial charge in [0.25, 0.3) is 0 Å². The Kier molecular flexibility index (Phi) is 4.93. The van der Waals surface area contributed by atoms with Gasteiger partial charge in [-0.25, -0.2) is 0 Å². The number of hydrogen-bond donors (Lipinski definition) is 1. The molecule has 0 radical (unpaired) electrons. The molecule has 0 bridgehead atoms. The first-order valence-corrected chi connectivity index (χ1v) is 9.59. The molecule has 1 aliphatic rings. The third kappa shape index (κ3) is 3.47. The van der Waals surface area contributed by atoms with Crippen LogP contribution in [0, 0.1) is 0 Å². The molecule has 4 rings (SSSR count). The SMILES string of the molecule is O=C(CCCc1c(-c2ccccn2)[nH]c2ccc(Cl)cc12)N1CCCC1. The van der Waals surface area contributed by atoms with E-state index in [0.717, 1.165) is 66.1 Å². The molecule has 1 amide bonds. The van der Waals surface area contributed by atoms with E-state index in [1.165, 1.54) is 5.56 Å². The van der Waals surface area contributed by atoms with Crippen LogP contribution < -0.4 is 0 Å². The number of hydrogen-bond acceptors (Lipinski definition) is 2. The van der Waals surface area contributed by atoms with Crippen molar-refractivity contribution in [2.24, 2.45) is 0 Å². The summed E-state index contributed by atoms with van der Waals surface area (Å²) in [6.45, 7) is 1.83. The van der Waals surface area contributed by atoms with Crippen molar-refractivity contribution in [3.8, 4) is 11.4 Å². The first-order valence-electron chi connectivity index (χ1n) is 9.21. The highest BCUT2D eigenvalue weighted by Gasteiger charge is 2.19. The largest absolute Gasteiger partial charge is 0.353 e. The van der Waals surface area contributed by atoms with E-state index in [1.54, 1.807) is 6.20 Å². The quantitative estimate of drug-likeness (QED) is 0.702. The van der Waals surface area contributed by atoms with Crippen LogP contribution in [0.1, 0.15) is 31.2 Å². The highest BCUT2D eigenvalue weighted by atomic mass is 35.5. The number of aromatic nitrogens is 2. The number of likely N-dealkylation sites (tertiary alicyclic amines) is 1. The van der Waals surface area contributed by atoms with Gasteiger partial charge >= 0.3 is 0 Å². The molecule has 3 aromatic rings. The fraction of sp³-hybridized carbons (Fsp3) is 0.333. The maximum atomic E-state index is 12.3. The Labute approximate surface area is 158 Å². The van der Waals surface area contributed by atoms with Gasteiger partial charge in [0.05, 0.1) is 11.4 Å². The van der Waals surface area contributed by atoms with Gasteiger partial charge in [-0.1, -0.05) is 17.7 Å². The Bertz CT molecular complexity index is 914. The van der Waals surface area contributed by atoms with Crippen molar-refractivity contribution >= 4 is 28.4 Å². The average molecular weight is 368 g/mol. The second-order valence-corrected chi connectivity index (χ2v) is 7.26. The average Bonchev–Trinajstić information content (AvgIpc) is 3.31. The Morgan fingerprint density at radius 1 is 1.19 bits per heavy atom. The van der Waals surface area contributed by atoms with Gasteiger partial charge in [-0.15, -0.1) is 0 Å². The van der Waals surface area contributed by atoms with E-state index in [4.69, 9.17) is 11.6 Å². The van der Waals surface area contributed by atoms with Gasteiger partial charge in [-0.2, -0.15) is 0 Å². The van der Waals surface area contributed by atoms with Crippen LogP contribution >= 0.6 is 11.6 Å². The zero-order valence-electron chi connectivity index (χ0n) is 14.7. The Morgan fingerprint density at radius 3 is 2.81 bits per heavy atom. The van der Waals surface area contributed by atoms with Crippen molar-refractivity contribution in [1.29, 1.82) is 0 Å². The van der Waals surface area contributed by atoms with Gasteiger partial charge in [0.15, 0.2) is 0 Å². The summed E-state index contributed by atoms with van der Waals surface area (Å²) in [4.78, 5) is 22.3. The molecule has 26 heavy (non-hydrogen) atoms. The lowest BCUT2D eigenvalue weighted by atomic mass is 10.0. The number of rotatable bonds is 5. The lowest BCUT2D eigenvalue weighted by Crippen LogP contribution is -2.27. The number of carbonyl (C=O) groups is 1. The number of nitrogens with zero attached hydrogens (tertiary/aromatic N) is 2. The molecule has 3 heterocycles. The number of fused-ring (bicyclic) bond motifs is 1. The Hall–Kier alpha value is -2.33. The zero-order chi connectivity index (χ0) is 17.9. The zero-order valence-corrected chi connectivity index (χ0v) is 15.4. The molecule has 5 heteroatoms. The first-order chi connectivity index (χ1) is 12.7. The van der Waals surface area contributed by atoms with Crippen LogP contribution in [-0.4, -0.2) is 33.9 Å². The normalized spacial score (nSPS) is 14.3. The second-order valence-electron chi connectivity index (χ2n) is 6.82. The van der Waals surface area contributed by atoms with E-state index in [2.05, 4.69) is 9.97 Å². The van der Waals surface area contributed by atoms with E-state index in [9.17, 15) is 4.79 Å². The summed E-state index contributed by atoms with van der Waals surface area (Å²) < 4.78 is 0. The summed E-state index contributed by atoms with van der Waals surface area (Å²) in [5, 5.41) is 1.84. The summed E-state index contributed by atoms with van der Waals surface area (Å²) in [5.41, 5.74) is 4.18. The standard InChI is InChI=1S/C21H22ClN3O/c22-15-9-10-18-17(14-15)16(21(24-18)19-7-1-2-11-23-19)6-5-8-20(26)25-12-3-4-13-25/h1-2,7,9-11,14,24H,3-6,8,12-13H2. The van der Waals surface area contributed by atoms with E-state index in [-0.39, 0.29) is 5.91 Å². The summed E-state index contributed by atoms with van der Waals surface area (Å²) >= 11 is 6.23. The van der Waals surface area contributed by atoms with Crippen molar-refractivity contribution in [3.05, 3.63) is 53.2 Å². The molecule has 1 saturated heterocycles. The summed E-state index contributed by atoms with van der Waals surface area (Å²) in [6.07, 6.45) is 6.32. The molecular formula is C21H22ClN3O. The lowest BCUT2D eigenvalue weighted by molar-refractivity contribution is -0.130. The third-order valence-corrected chi connectivity index (χ3v) is 5.30. The number of H-pyrrole nitrogens is 1. The Balaban J connectivity index is 1.59. The minimum Gasteiger partial charge on any atom is -0.353 e. The fourth-order valence-electron chi connectivity index (χ4n) is 3.75. The van der Waals surface area contributed by atoms with Crippen molar-refractivity contribution in [1.82, 2.24) is 14.9 Å². The number of halogens is 1. The van der Waals surface area contributed by atoms with Crippen LogP contribution in [0.25, 0.3) is 22.3 Å². The van der Waals surface area contributed by atoms with E-state index in [0.29, 0.717) is 6.42 Å². The minimum atomic E-state index is 0.278. The second kappa shape index (κ2) is 7.50. The fourth-order valence-corrected chi connectivity index (χ4v) is 3.92. The highest BCUT2D eigenvalue weighted by molar-refractivity contribution is 6.31. The van der Waals surface area contributed by atoms with Crippen LogP contribution in [0.2, 0.25) is 5.02 Å². The molecule has 2 aromatic heterocycles. The van der Waals surface area contributed by atoms with Crippen LogP contribution in [0.4, 0.5) is 0 Å². The molecule has 0 unspecified atom stereocenters. The molecule has 4 nitrogen and oxygen atoms in total. The summed E-state index contributed by atoms with van der Waals surface area (Å²) in [7, 11) is 0. The van der Waals surface area contributed by atoms with Crippen molar-refractivity contribution in [2.75, 3.05) is 13.1 Å². The van der Waals surface area contributed by atoms with Crippen LogP contribution in [0.15, 0.2) is 42.6 Å². The number of benzene rings is 1. The number of pyridine rings is 1.